The van der Waals surface area contributed by atoms with Crippen LogP contribution >= 0.6 is 0 Å². The van der Waals surface area contributed by atoms with Gasteiger partial charge in [-0.25, -0.2) is 0 Å². The molecule has 1 aliphatic carbocycles. The zero-order valence-electron chi connectivity index (χ0n) is 11.4. The Bertz CT molecular complexity index is 323. The number of likely N-dealkylation sites (tertiary alicyclic amines) is 1. The number of ether oxygens (including phenoxy) is 1. The van der Waals surface area contributed by atoms with E-state index in [1.165, 1.54) is 39.2 Å². The standard InChI is InChI=1S/C14H23NO3/c1-10(11-6-4-3-5-7-11)15-9-12(8-13(15)16)14(17)18-2/h10-12H,3-9H2,1-2H3/t10-,12?/m0/s1. The number of hydrogen-bond acceptors (Lipinski definition) is 3. The van der Waals surface area contributed by atoms with Crippen molar-refractivity contribution in [2.75, 3.05) is 13.7 Å². The number of carbonyl (C=O) groups is 2. The van der Waals surface area contributed by atoms with E-state index in [2.05, 4.69) is 6.92 Å². The molecule has 0 spiro atoms. The third kappa shape index (κ3) is 2.68. The van der Waals surface area contributed by atoms with Crippen molar-refractivity contribution in [2.24, 2.45) is 11.8 Å². The van der Waals surface area contributed by atoms with Gasteiger partial charge in [-0.2, -0.15) is 0 Å². The predicted octanol–water partition coefficient (Wildman–Crippen LogP) is 1.98. The molecule has 0 aromatic heterocycles. The molecule has 1 unspecified atom stereocenters. The van der Waals surface area contributed by atoms with E-state index < -0.39 is 0 Å². The van der Waals surface area contributed by atoms with Gasteiger partial charge in [0.05, 0.1) is 13.0 Å². The Hall–Kier alpha value is -1.06. The van der Waals surface area contributed by atoms with Crippen LogP contribution in [0, 0.1) is 11.8 Å². The summed E-state index contributed by atoms with van der Waals surface area (Å²) < 4.78 is 4.74. The molecule has 1 amide bonds. The van der Waals surface area contributed by atoms with Crippen molar-refractivity contribution >= 4 is 11.9 Å². The summed E-state index contributed by atoms with van der Waals surface area (Å²) in [6.45, 7) is 2.68. The molecule has 1 saturated carbocycles. The molecule has 2 fully saturated rings. The van der Waals surface area contributed by atoms with E-state index in [1.54, 1.807) is 0 Å². The summed E-state index contributed by atoms with van der Waals surface area (Å²) in [5.74, 6) is 0.220. The van der Waals surface area contributed by atoms with Gasteiger partial charge in [0.2, 0.25) is 5.91 Å². The number of hydrogen-bond donors (Lipinski definition) is 0. The van der Waals surface area contributed by atoms with Crippen LogP contribution < -0.4 is 0 Å². The highest BCUT2D eigenvalue weighted by molar-refractivity contribution is 5.86. The molecule has 0 aromatic rings. The molecule has 0 N–H and O–H groups in total. The fraction of sp³-hybridized carbons (Fsp3) is 0.857. The van der Waals surface area contributed by atoms with E-state index in [9.17, 15) is 9.59 Å². The molecule has 2 aliphatic rings. The van der Waals surface area contributed by atoms with Crippen LogP contribution in [0.15, 0.2) is 0 Å². The summed E-state index contributed by atoms with van der Waals surface area (Å²) in [6, 6.07) is 0.271. The van der Waals surface area contributed by atoms with Crippen LogP contribution in [0.25, 0.3) is 0 Å². The number of rotatable bonds is 3. The van der Waals surface area contributed by atoms with Crippen molar-refractivity contribution < 1.29 is 14.3 Å². The molecule has 0 bridgehead atoms. The Morgan fingerprint density at radius 1 is 1.33 bits per heavy atom. The van der Waals surface area contributed by atoms with E-state index >= 15 is 0 Å². The second kappa shape index (κ2) is 5.72. The first-order chi connectivity index (χ1) is 8.63. The molecule has 2 atom stereocenters. The first-order valence-electron chi connectivity index (χ1n) is 7.00. The van der Waals surface area contributed by atoms with Gasteiger partial charge in [-0.05, 0) is 25.7 Å². The van der Waals surface area contributed by atoms with Crippen LogP contribution in [0.5, 0.6) is 0 Å². The molecule has 4 nitrogen and oxygen atoms in total. The van der Waals surface area contributed by atoms with Crippen molar-refractivity contribution in [3.05, 3.63) is 0 Å². The molecule has 1 saturated heterocycles. The smallest absolute Gasteiger partial charge is 0.310 e. The van der Waals surface area contributed by atoms with E-state index in [1.807, 2.05) is 4.90 Å². The molecule has 0 aromatic carbocycles. The zero-order chi connectivity index (χ0) is 13.1. The van der Waals surface area contributed by atoms with Crippen LogP contribution in [-0.2, 0) is 14.3 Å². The lowest BCUT2D eigenvalue weighted by Crippen LogP contribution is -2.40. The minimum Gasteiger partial charge on any atom is -0.469 e. The van der Waals surface area contributed by atoms with Crippen LogP contribution in [0.2, 0.25) is 0 Å². The normalized spacial score (nSPS) is 27.3. The largest absolute Gasteiger partial charge is 0.469 e. The van der Waals surface area contributed by atoms with Gasteiger partial charge in [0.1, 0.15) is 0 Å². The summed E-state index contributed by atoms with van der Waals surface area (Å²) in [5.41, 5.74) is 0. The minimum absolute atomic E-state index is 0.114. The van der Waals surface area contributed by atoms with Gasteiger partial charge in [-0.15, -0.1) is 0 Å². The van der Waals surface area contributed by atoms with Gasteiger partial charge in [0, 0.05) is 19.0 Å². The Morgan fingerprint density at radius 3 is 2.61 bits per heavy atom. The highest BCUT2D eigenvalue weighted by Gasteiger charge is 2.39. The van der Waals surface area contributed by atoms with Gasteiger partial charge < -0.3 is 9.64 Å². The molecule has 2 rings (SSSR count). The molecule has 18 heavy (non-hydrogen) atoms. The lowest BCUT2D eigenvalue weighted by Gasteiger charge is -2.34. The fourth-order valence-electron chi connectivity index (χ4n) is 3.32. The van der Waals surface area contributed by atoms with E-state index in [0.29, 0.717) is 18.9 Å². The van der Waals surface area contributed by atoms with Crippen LogP contribution in [0.1, 0.15) is 45.4 Å². The van der Waals surface area contributed by atoms with Crippen molar-refractivity contribution in [3.8, 4) is 0 Å². The van der Waals surface area contributed by atoms with E-state index in [4.69, 9.17) is 4.74 Å². The van der Waals surface area contributed by atoms with Gasteiger partial charge in [0.25, 0.3) is 0 Å². The maximum Gasteiger partial charge on any atom is 0.310 e. The quantitative estimate of drug-likeness (QED) is 0.722. The van der Waals surface area contributed by atoms with Crippen LogP contribution in [0.3, 0.4) is 0 Å². The number of amides is 1. The monoisotopic (exact) mass is 253 g/mol. The Balaban J connectivity index is 1.96. The Kier molecular flexibility index (Phi) is 4.25. The van der Waals surface area contributed by atoms with Crippen molar-refractivity contribution in [2.45, 2.75) is 51.5 Å². The topological polar surface area (TPSA) is 46.6 Å². The average molecular weight is 253 g/mol. The summed E-state index contributed by atoms with van der Waals surface area (Å²) >= 11 is 0. The molecular weight excluding hydrogens is 230 g/mol. The summed E-state index contributed by atoms with van der Waals surface area (Å²) in [7, 11) is 1.39. The maximum atomic E-state index is 12.0. The Morgan fingerprint density at radius 2 is 2.00 bits per heavy atom. The van der Waals surface area contributed by atoms with E-state index in [-0.39, 0.29) is 23.8 Å². The van der Waals surface area contributed by atoms with Gasteiger partial charge >= 0.3 is 5.97 Å². The number of carbonyl (C=O) groups excluding carboxylic acids is 2. The third-order valence-electron chi connectivity index (χ3n) is 4.52. The molecule has 1 aliphatic heterocycles. The SMILES string of the molecule is COC(=O)C1CC(=O)N([C@@H](C)C2CCCCC2)C1. The first kappa shape index (κ1) is 13.4. The van der Waals surface area contributed by atoms with Gasteiger partial charge in [-0.1, -0.05) is 19.3 Å². The predicted molar refractivity (Wildman–Crippen MR) is 67.9 cm³/mol. The van der Waals surface area contributed by atoms with Crippen molar-refractivity contribution in [3.63, 3.8) is 0 Å². The third-order valence-corrected chi connectivity index (χ3v) is 4.52. The highest BCUT2D eigenvalue weighted by atomic mass is 16.5. The van der Waals surface area contributed by atoms with Crippen LogP contribution in [-0.4, -0.2) is 36.5 Å². The van der Waals surface area contributed by atoms with Crippen molar-refractivity contribution in [1.29, 1.82) is 0 Å². The zero-order valence-corrected chi connectivity index (χ0v) is 11.4. The van der Waals surface area contributed by atoms with Gasteiger partial charge in [0.15, 0.2) is 0 Å². The fourth-order valence-corrected chi connectivity index (χ4v) is 3.32. The van der Waals surface area contributed by atoms with Crippen LogP contribution in [0.4, 0.5) is 0 Å². The lowest BCUT2D eigenvalue weighted by atomic mass is 9.84. The second-order valence-corrected chi connectivity index (χ2v) is 5.61. The average Bonchev–Trinajstić information content (AvgIpc) is 2.80. The van der Waals surface area contributed by atoms with Gasteiger partial charge in [-0.3, -0.25) is 9.59 Å². The number of nitrogens with zero attached hydrogens (tertiary/aromatic N) is 1. The maximum absolute atomic E-state index is 12.0. The van der Waals surface area contributed by atoms with Crippen molar-refractivity contribution in [1.82, 2.24) is 4.90 Å². The second-order valence-electron chi connectivity index (χ2n) is 5.61. The summed E-state index contributed by atoms with van der Waals surface area (Å²) in [6.07, 6.45) is 6.63. The molecule has 1 heterocycles. The summed E-state index contributed by atoms with van der Waals surface area (Å²) in [4.78, 5) is 25.4. The summed E-state index contributed by atoms with van der Waals surface area (Å²) in [5, 5.41) is 0. The lowest BCUT2D eigenvalue weighted by molar-refractivity contribution is -0.145. The number of methoxy groups -OCH3 is 1. The molecule has 0 radical (unpaired) electrons. The number of esters is 1. The molecular formula is C14H23NO3. The molecule has 102 valence electrons. The van der Waals surface area contributed by atoms with E-state index in [0.717, 1.165) is 0 Å². The molecule has 4 heteroatoms. The highest BCUT2D eigenvalue weighted by Crippen LogP contribution is 2.32. The Labute approximate surface area is 109 Å². The first-order valence-corrected chi connectivity index (χ1v) is 7.00. The minimum atomic E-state index is -0.256.